The van der Waals surface area contributed by atoms with Crippen molar-refractivity contribution < 1.29 is 10.2 Å². The smallest absolute Gasteiger partial charge is 0.0891 e. The third-order valence-electron chi connectivity index (χ3n) is 0.786. The maximum absolute atomic E-state index is 8.64. The van der Waals surface area contributed by atoms with Crippen LogP contribution in [0.15, 0.2) is 35.8 Å². The Bertz CT molecular complexity index is 148. The molecule has 0 aromatic heterocycles. The maximum Gasteiger partial charge on any atom is 0.0891 e. The van der Waals surface area contributed by atoms with Crippen molar-refractivity contribution in [1.82, 2.24) is 0 Å². The first-order valence-corrected chi connectivity index (χ1v) is 3.02. The third-order valence-corrected chi connectivity index (χ3v) is 0.786. The van der Waals surface area contributed by atoms with Crippen LogP contribution < -0.4 is 0 Å². The van der Waals surface area contributed by atoms with E-state index < -0.39 is 0 Å². The summed E-state index contributed by atoms with van der Waals surface area (Å²) in [5.74, 6) is 0.500. The molecular formula is C8H12O2. The molecular weight excluding hydrogens is 128 g/mol. The van der Waals surface area contributed by atoms with Crippen LogP contribution in [-0.2, 0) is 0 Å². The van der Waals surface area contributed by atoms with E-state index in [4.69, 9.17) is 10.2 Å². The van der Waals surface area contributed by atoms with E-state index in [-0.39, 0.29) is 11.5 Å². The second-order valence-electron chi connectivity index (χ2n) is 2.00. The van der Waals surface area contributed by atoms with Crippen LogP contribution in [0.4, 0.5) is 0 Å². The van der Waals surface area contributed by atoms with Gasteiger partial charge in [-0.15, -0.1) is 0 Å². The van der Waals surface area contributed by atoms with Crippen molar-refractivity contribution in [3.8, 4) is 0 Å². The fourth-order valence-electron chi connectivity index (χ4n) is 0.390. The zero-order valence-corrected chi connectivity index (χ0v) is 6.20. The highest BCUT2D eigenvalue weighted by Crippen LogP contribution is 1.88. The summed E-state index contributed by atoms with van der Waals surface area (Å²) in [6, 6.07) is 0. The van der Waals surface area contributed by atoms with E-state index in [9.17, 15) is 0 Å². The molecule has 0 atom stereocenters. The zero-order chi connectivity index (χ0) is 7.98. The van der Waals surface area contributed by atoms with Crippen molar-refractivity contribution in [3.05, 3.63) is 35.8 Å². The highest BCUT2D eigenvalue weighted by atomic mass is 16.3. The van der Waals surface area contributed by atoms with Gasteiger partial charge in [0, 0.05) is 0 Å². The lowest BCUT2D eigenvalue weighted by Gasteiger charge is -1.82. The van der Waals surface area contributed by atoms with Crippen LogP contribution in [0.5, 0.6) is 0 Å². The van der Waals surface area contributed by atoms with E-state index in [1.165, 1.54) is 0 Å². The lowest BCUT2D eigenvalue weighted by Crippen LogP contribution is -1.66. The standard InChI is InChI=1S/C8H12O2/c1-7(9)5-3-4-6-8(2)10/h3-6,9-10H,1-2H3/b4-3+,7-5-,8-6-. The monoisotopic (exact) mass is 140 g/mol. The first-order chi connectivity index (χ1) is 4.63. The van der Waals surface area contributed by atoms with Crippen molar-refractivity contribution in [2.45, 2.75) is 13.8 Å². The Kier molecular flexibility index (Phi) is 4.12. The maximum atomic E-state index is 8.64. The van der Waals surface area contributed by atoms with Crippen LogP contribution in [0.1, 0.15) is 13.8 Å². The fourth-order valence-corrected chi connectivity index (χ4v) is 0.390. The minimum Gasteiger partial charge on any atom is -0.513 e. The number of allylic oxidation sites excluding steroid dienone is 6. The molecule has 0 spiro atoms. The average molecular weight is 140 g/mol. The molecule has 0 aromatic rings. The lowest BCUT2D eigenvalue weighted by molar-refractivity contribution is 0.413. The van der Waals surface area contributed by atoms with Crippen LogP contribution in [-0.4, -0.2) is 10.2 Å². The number of rotatable bonds is 2. The Balaban J connectivity index is 3.80. The summed E-state index contributed by atoms with van der Waals surface area (Å²) in [7, 11) is 0. The molecule has 0 fully saturated rings. The first kappa shape index (κ1) is 8.82. The molecule has 0 bridgehead atoms. The molecule has 0 rings (SSSR count). The van der Waals surface area contributed by atoms with E-state index >= 15 is 0 Å². The van der Waals surface area contributed by atoms with Gasteiger partial charge < -0.3 is 10.2 Å². The molecule has 56 valence electrons. The van der Waals surface area contributed by atoms with Gasteiger partial charge >= 0.3 is 0 Å². The van der Waals surface area contributed by atoms with Crippen molar-refractivity contribution in [1.29, 1.82) is 0 Å². The van der Waals surface area contributed by atoms with Gasteiger partial charge in [0.1, 0.15) is 0 Å². The summed E-state index contributed by atoms with van der Waals surface area (Å²) in [5.41, 5.74) is 0. The van der Waals surface area contributed by atoms with Gasteiger partial charge in [-0.25, -0.2) is 0 Å². The normalized spacial score (nSPS) is 14.6. The Morgan fingerprint density at radius 1 is 0.900 bits per heavy atom. The quantitative estimate of drug-likeness (QED) is 0.457. The predicted octanol–water partition coefficient (Wildman–Crippen LogP) is 2.47. The van der Waals surface area contributed by atoms with E-state index in [1.807, 2.05) is 0 Å². The Labute approximate surface area is 60.8 Å². The first-order valence-electron chi connectivity index (χ1n) is 3.02. The lowest BCUT2D eigenvalue weighted by atomic mass is 10.4. The summed E-state index contributed by atoms with van der Waals surface area (Å²) in [6.07, 6.45) is 6.38. The van der Waals surface area contributed by atoms with Crippen LogP contribution in [0.2, 0.25) is 0 Å². The van der Waals surface area contributed by atoms with Gasteiger partial charge in [-0.3, -0.25) is 0 Å². The fraction of sp³-hybridized carbons (Fsp3) is 0.250. The summed E-state index contributed by atoms with van der Waals surface area (Å²) < 4.78 is 0. The van der Waals surface area contributed by atoms with Gasteiger partial charge in [-0.05, 0) is 26.0 Å². The molecule has 0 amide bonds. The van der Waals surface area contributed by atoms with E-state index in [0.717, 1.165) is 0 Å². The minimum absolute atomic E-state index is 0.250. The molecule has 2 N–H and O–H groups in total. The summed E-state index contributed by atoms with van der Waals surface area (Å²) in [6.45, 7) is 3.17. The van der Waals surface area contributed by atoms with Crippen molar-refractivity contribution in [2.24, 2.45) is 0 Å². The molecule has 0 aliphatic carbocycles. The Hall–Kier alpha value is -1.18. The predicted molar refractivity (Wildman–Crippen MR) is 41.9 cm³/mol. The van der Waals surface area contributed by atoms with Crippen LogP contribution in [0.3, 0.4) is 0 Å². The highest BCUT2D eigenvalue weighted by molar-refractivity contribution is 5.13. The molecule has 0 saturated carbocycles. The number of hydrogen-bond acceptors (Lipinski definition) is 2. The summed E-state index contributed by atoms with van der Waals surface area (Å²) in [5, 5.41) is 17.3. The Morgan fingerprint density at radius 3 is 1.40 bits per heavy atom. The van der Waals surface area contributed by atoms with Gasteiger partial charge in [-0.2, -0.15) is 0 Å². The molecule has 0 heterocycles. The number of hydrogen-bond donors (Lipinski definition) is 2. The van der Waals surface area contributed by atoms with Gasteiger partial charge in [0.2, 0.25) is 0 Å². The largest absolute Gasteiger partial charge is 0.513 e. The SMILES string of the molecule is C/C(O)=C/C=C/C=C(/C)O. The van der Waals surface area contributed by atoms with Crippen LogP contribution in [0, 0.1) is 0 Å². The average Bonchev–Trinajstić information content (AvgIpc) is 1.79. The van der Waals surface area contributed by atoms with Crippen molar-refractivity contribution in [3.63, 3.8) is 0 Å². The third kappa shape index (κ3) is 6.82. The second kappa shape index (κ2) is 4.68. The second-order valence-corrected chi connectivity index (χ2v) is 2.00. The molecule has 0 aliphatic heterocycles. The van der Waals surface area contributed by atoms with Crippen molar-refractivity contribution >= 4 is 0 Å². The van der Waals surface area contributed by atoms with E-state index in [2.05, 4.69) is 0 Å². The van der Waals surface area contributed by atoms with Crippen LogP contribution >= 0.6 is 0 Å². The van der Waals surface area contributed by atoms with Crippen LogP contribution in [0.25, 0.3) is 0 Å². The molecule has 0 unspecified atom stereocenters. The highest BCUT2D eigenvalue weighted by Gasteiger charge is 1.73. The molecule has 0 aliphatic rings. The molecule has 10 heavy (non-hydrogen) atoms. The topological polar surface area (TPSA) is 40.5 Å². The minimum atomic E-state index is 0.250. The van der Waals surface area contributed by atoms with Gasteiger partial charge in [-0.1, -0.05) is 12.2 Å². The molecule has 0 saturated heterocycles. The molecule has 0 radical (unpaired) electrons. The molecule has 0 aromatic carbocycles. The number of aliphatic hydroxyl groups is 2. The van der Waals surface area contributed by atoms with Gasteiger partial charge in [0.05, 0.1) is 11.5 Å². The van der Waals surface area contributed by atoms with Gasteiger partial charge in [0.25, 0.3) is 0 Å². The molecule has 2 nitrogen and oxygen atoms in total. The summed E-state index contributed by atoms with van der Waals surface area (Å²) in [4.78, 5) is 0. The summed E-state index contributed by atoms with van der Waals surface area (Å²) >= 11 is 0. The number of aliphatic hydroxyl groups excluding tert-OH is 2. The van der Waals surface area contributed by atoms with Crippen molar-refractivity contribution in [2.75, 3.05) is 0 Å². The zero-order valence-electron chi connectivity index (χ0n) is 6.20. The molecule has 2 heteroatoms. The van der Waals surface area contributed by atoms with E-state index in [0.29, 0.717) is 0 Å². The van der Waals surface area contributed by atoms with Gasteiger partial charge in [0.15, 0.2) is 0 Å². The van der Waals surface area contributed by atoms with E-state index in [1.54, 1.807) is 38.2 Å². The Morgan fingerprint density at radius 2 is 1.20 bits per heavy atom.